The maximum absolute atomic E-state index is 12.3. The van der Waals surface area contributed by atoms with E-state index in [4.69, 9.17) is 10.5 Å². The Morgan fingerprint density at radius 3 is 2.69 bits per heavy atom. The lowest BCUT2D eigenvalue weighted by Gasteiger charge is -2.07. The summed E-state index contributed by atoms with van der Waals surface area (Å²) in [5.41, 5.74) is 4.84. The normalized spacial score (nSPS) is 10.5. The zero-order valence-corrected chi connectivity index (χ0v) is 8.31. The number of alkyl halides is 2. The quantitative estimate of drug-likeness (QED) is 0.880. The summed E-state index contributed by atoms with van der Waals surface area (Å²) in [7, 11) is 1.35. The smallest absolute Gasteiger partial charge is 0.282 e. The van der Waals surface area contributed by atoms with Crippen LogP contribution in [0.1, 0.15) is 12.1 Å². The minimum Gasteiger partial charge on any atom is -0.481 e. The van der Waals surface area contributed by atoms with Crippen molar-refractivity contribution >= 4 is 21.6 Å². The van der Waals surface area contributed by atoms with Crippen LogP contribution in [0.2, 0.25) is 0 Å². The summed E-state index contributed by atoms with van der Waals surface area (Å²) in [5.74, 6) is 0.108. The molecule has 0 fully saturated rings. The van der Waals surface area contributed by atoms with Crippen molar-refractivity contribution < 1.29 is 13.5 Å². The van der Waals surface area contributed by atoms with Crippen LogP contribution in [0.4, 0.5) is 14.5 Å². The number of rotatable bonds is 2. The third kappa shape index (κ3) is 2.06. The number of ether oxygens (including phenoxy) is 1. The summed E-state index contributed by atoms with van der Waals surface area (Å²) in [5, 5.41) is 0. The van der Waals surface area contributed by atoms with Gasteiger partial charge in [-0.15, -0.1) is 0 Å². The van der Waals surface area contributed by atoms with Crippen LogP contribution in [-0.4, -0.2) is 12.1 Å². The van der Waals surface area contributed by atoms with E-state index in [0.29, 0.717) is 4.47 Å². The Hall–Kier alpha value is -0.910. The molecule has 0 spiro atoms. The highest BCUT2D eigenvalue weighted by Gasteiger charge is 2.17. The molecule has 0 saturated heterocycles. The summed E-state index contributed by atoms with van der Waals surface area (Å²) in [4.78, 5) is 3.52. The molecule has 72 valence electrons. The molecule has 1 rings (SSSR count). The van der Waals surface area contributed by atoms with Crippen molar-refractivity contribution in [1.82, 2.24) is 4.98 Å². The van der Waals surface area contributed by atoms with E-state index in [1.165, 1.54) is 13.2 Å². The van der Waals surface area contributed by atoms with E-state index in [0.717, 1.165) is 0 Å². The SMILES string of the molecule is COc1cc(Br)c(N)c(C(F)F)n1. The molecule has 3 nitrogen and oxygen atoms in total. The van der Waals surface area contributed by atoms with Gasteiger partial charge >= 0.3 is 0 Å². The third-order valence-corrected chi connectivity index (χ3v) is 2.09. The fourth-order valence-electron chi connectivity index (χ4n) is 0.791. The molecule has 0 saturated carbocycles. The molecule has 1 aromatic heterocycles. The van der Waals surface area contributed by atoms with E-state index in [2.05, 4.69) is 20.9 Å². The first-order chi connectivity index (χ1) is 6.06. The molecule has 2 N–H and O–H groups in total. The van der Waals surface area contributed by atoms with Gasteiger partial charge in [0.2, 0.25) is 5.88 Å². The van der Waals surface area contributed by atoms with E-state index in [1.54, 1.807) is 0 Å². The molecule has 13 heavy (non-hydrogen) atoms. The Morgan fingerprint density at radius 1 is 1.62 bits per heavy atom. The molecule has 0 bridgehead atoms. The Morgan fingerprint density at radius 2 is 2.23 bits per heavy atom. The molecule has 0 aliphatic carbocycles. The maximum atomic E-state index is 12.3. The average molecular weight is 253 g/mol. The molecular weight excluding hydrogens is 246 g/mol. The molecule has 0 unspecified atom stereocenters. The number of nitrogens with zero attached hydrogens (tertiary/aromatic N) is 1. The first-order valence-corrected chi connectivity index (χ1v) is 4.13. The molecule has 6 heteroatoms. The average Bonchev–Trinajstić information content (AvgIpc) is 2.09. The zero-order valence-electron chi connectivity index (χ0n) is 6.72. The second kappa shape index (κ2) is 3.87. The number of halogens is 3. The van der Waals surface area contributed by atoms with Gasteiger partial charge in [-0.25, -0.2) is 13.8 Å². The summed E-state index contributed by atoms with van der Waals surface area (Å²) in [6.07, 6.45) is -2.70. The van der Waals surface area contributed by atoms with Gasteiger partial charge in [0.1, 0.15) is 5.69 Å². The Balaban J connectivity index is 3.25. The number of hydrogen-bond acceptors (Lipinski definition) is 3. The van der Waals surface area contributed by atoms with Crippen molar-refractivity contribution in [2.45, 2.75) is 6.43 Å². The van der Waals surface area contributed by atoms with Gasteiger partial charge in [0.05, 0.1) is 12.8 Å². The predicted molar refractivity (Wildman–Crippen MR) is 47.9 cm³/mol. The predicted octanol–water partition coefficient (Wildman–Crippen LogP) is 2.37. The summed E-state index contributed by atoms with van der Waals surface area (Å²) < 4.78 is 29.7. The van der Waals surface area contributed by atoms with Crippen LogP contribution >= 0.6 is 15.9 Å². The highest BCUT2D eigenvalue weighted by Crippen LogP contribution is 2.31. The maximum Gasteiger partial charge on any atom is 0.282 e. The van der Waals surface area contributed by atoms with Crippen LogP contribution in [0.3, 0.4) is 0 Å². The largest absolute Gasteiger partial charge is 0.481 e. The van der Waals surface area contributed by atoms with E-state index >= 15 is 0 Å². The number of hydrogen-bond donors (Lipinski definition) is 1. The molecule has 1 aromatic rings. The minimum absolute atomic E-state index is 0.0594. The van der Waals surface area contributed by atoms with Gasteiger partial charge in [0, 0.05) is 10.5 Å². The molecule has 0 atom stereocenters. The Bertz CT molecular complexity index is 320. The number of pyridine rings is 1. The van der Waals surface area contributed by atoms with Crippen LogP contribution in [0, 0.1) is 0 Å². The summed E-state index contributed by atoms with van der Waals surface area (Å²) >= 11 is 3.03. The molecule has 0 amide bonds. The first kappa shape index (κ1) is 10.2. The molecule has 0 aliphatic rings. The summed E-state index contributed by atoms with van der Waals surface area (Å²) in [6.45, 7) is 0. The number of aromatic nitrogens is 1. The second-order valence-electron chi connectivity index (χ2n) is 2.25. The Labute approximate surface area is 82.0 Å². The lowest BCUT2D eigenvalue weighted by atomic mass is 10.3. The van der Waals surface area contributed by atoms with Crippen LogP contribution in [0.5, 0.6) is 5.88 Å². The highest BCUT2D eigenvalue weighted by atomic mass is 79.9. The van der Waals surface area contributed by atoms with E-state index in [1.807, 2.05) is 0 Å². The lowest BCUT2D eigenvalue weighted by Crippen LogP contribution is -2.01. The van der Waals surface area contributed by atoms with Crippen molar-refractivity contribution in [2.24, 2.45) is 0 Å². The van der Waals surface area contributed by atoms with Crippen LogP contribution in [-0.2, 0) is 0 Å². The summed E-state index contributed by atoms with van der Waals surface area (Å²) in [6, 6.07) is 1.43. The molecule has 0 aromatic carbocycles. The fourth-order valence-corrected chi connectivity index (χ4v) is 1.19. The zero-order chi connectivity index (χ0) is 10.0. The van der Waals surface area contributed by atoms with Crippen LogP contribution < -0.4 is 10.5 Å². The standard InChI is InChI=1S/C7H7BrF2N2O/c1-13-4-2-3(8)5(11)6(12-4)7(9)10/h2,7H,11H2,1H3. The van der Waals surface area contributed by atoms with Gasteiger partial charge in [-0.1, -0.05) is 0 Å². The lowest BCUT2D eigenvalue weighted by molar-refractivity contribution is 0.146. The number of anilines is 1. The van der Waals surface area contributed by atoms with Gasteiger partial charge in [-0.3, -0.25) is 0 Å². The van der Waals surface area contributed by atoms with Gasteiger partial charge < -0.3 is 10.5 Å². The first-order valence-electron chi connectivity index (χ1n) is 3.34. The monoisotopic (exact) mass is 252 g/mol. The van der Waals surface area contributed by atoms with E-state index in [9.17, 15) is 8.78 Å². The fraction of sp³-hybridized carbons (Fsp3) is 0.286. The van der Waals surface area contributed by atoms with Crippen LogP contribution in [0.15, 0.2) is 10.5 Å². The number of methoxy groups -OCH3 is 1. The molecular formula is C7H7BrF2N2O. The molecule has 0 radical (unpaired) electrons. The van der Waals surface area contributed by atoms with Gasteiger partial charge in [-0.05, 0) is 15.9 Å². The highest BCUT2D eigenvalue weighted by molar-refractivity contribution is 9.10. The van der Waals surface area contributed by atoms with E-state index in [-0.39, 0.29) is 11.6 Å². The van der Waals surface area contributed by atoms with E-state index < -0.39 is 12.1 Å². The third-order valence-electron chi connectivity index (χ3n) is 1.43. The van der Waals surface area contributed by atoms with Crippen molar-refractivity contribution in [3.63, 3.8) is 0 Å². The van der Waals surface area contributed by atoms with Crippen molar-refractivity contribution in [3.8, 4) is 5.88 Å². The molecule has 1 heterocycles. The number of nitrogen functional groups attached to an aromatic ring is 1. The number of nitrogens with two attached hydrogens (primary N) is 1. The Kier molecular flexibility index (Phi) is 3.02. The topological polar surface area (TPSA) is 48.1 Å². The van der Waals surface area contributed by atoms with Crippen molar-refractivity contribution in [2.75, 3.05) is 12.8 Å². The van der Waals surface area contributed by atoms with Gasteiger partial charge in [0.25, 0.3) is 6.43 Å². The second-order valence-corrected chi connectivity index (χ2v) is 3.10. The molecule has 0 aliphatic heterocycles. The van der Waals surface area contributed by atoms with Crippen molar-refractivity contribution in [3.05, 3.63) is 16.2 Å². The van der Waals surface area contributed by atoms with Crippen LogP contribution in [0.25, 0.3) is 0 Å². The van der Waals surface area contributed by atoms with Gasteiger partial charge in [0.15, 0.2) is 0 Å². The van der Waals surface area contributed by atoms with Crippen molar-refractivity contribution in [1.29, 1.82) is 0 Å². The minimum atomic E-state index is -2.70. The van der Waals surface area contributed by atoms with Gasteiger partial charge in [-0.2, -0.15) is 0 Å².